The van der Waals surface area contributed by atoms with E-state index < -0.39 is 16.7 Å². The maximum atomic E-state index is 12.0. The minimum Gasteiger partial charge on any atom is -0.330 e. The minimum atomic E-state index is -0.656. The third-order valence-corrected chi connectivity index (χ3v) is 2.76. The van der Waals surface area contributed by atoms with E-state index in [1.807, 2.05) is 0 Å². The van der Waals surface area contributed by atoms with E-state index in [-0.39, 0.29) is 23.4 Å². The molecule has 2 N–H and O–H groups in total. The number of benzene rings is 1. The number of nitrogens with two attached hydrogens (primary N) is 1. The predicted molar refractivity (Wildman–Crippen MR) is 62.1 cm³/mol. The molecule has 0 aromatic heterocycles. The molecular formula is C11H11N3O4. The van der Waals surface area contributed by atoms with Crippen LogP contribution in [0, 0.1) is 10.1 Å². The van der Waals surface area contributed by atoms with Gasteiger partial charge in [0.15, 0.2) is 0 Å². The van der Waals surface area contributed by atoms with Crippen molar-refractivity contribution < 1.29 is 14.5 Å². The van der Waals surface area contributed by atoms with Crippen molar-refractivity contribution in [3.8, 4) is 0 Å². The molecule has 0 radical (unpaired) electrons. The summed E-state index contributed by atoms with van der Waals surface area (Å²) in [7, 11) is 0. The second kappa shape index (κ2) is 4.53. The molecule has 1 aliphatic heterocycles. The first-order chi connectivity index (χ1) is 8.57. The lowest BCUT2D eigenvalue weighted by Gasteiger charge is -2.12. The van der Waals surface area contributed by atoms with Gasteiger partial charge in [0, 0.05) is 12.6 Å². The molecule has 0 aliphatic carbocycles. The lowest BCUT2D eigenvalue weighted by molar-refractivity contribution is -0.385. The number of imide groups is 1. The molecule has 1 heterocycles. The predicted octanol–water partition coefficient (Wildman–Crippen LogP) is 0.540. The maximum Gasteiger partial charge on any atom is 0.282 e. The van der Waals surface area contributed by atoms with Crippen molar-refractivity contribution in [2.45, 2.75) is 6.42 Å². The number of carbonyl (C=O) groups excluding carboxylic acids is 2. The molecule has 0 saturated carbocycles. The highest BCUT2D eigenvalue weighted by Crippen LogP contribution is 2.30. The van der Waals surface area contributed by atoms with E-state index >= 15 is 0 Å². The van der Waals surface area contributed by atoms with Gasteiger partial charge in [0.2, 0.25) is 0 Å². The number of carbonyl (C=O) groups is 2. The zero-order valence-electron chi connectivity index (χ0n) is 9.46. The van der Waals surface area contributed by atoms with Crippen molar-refractivity contribution in [3.63, 3.8) is 0 Å². The van der Waals surface area contributed by atoms with Crippen molar-refractivity contribution in [2.75, 3.05) is 13.1 Å². The molecule has 0 atom stereocenters. The molecule has 0 fully saturated rings. The lowest BCUT2D eigenvalue weighted by atomic mass is 10.1. The highest BCUT2D eigenvalue weighted by molar-refractivity contribution is 6.23. The number of nitro groups is 1. The summed E-state index contributed by atoms with van der Waals surface area (Å²) in [5.74, 6) is -1.11. The number of nitrogens with zero attached hydrogens (tertiary/aromatic N) is 2. The first kappa shape index (κ1) is 12.2. The molecule has 0 spiro atoms. The lowest BCUT2D eigenvalue weighted by Crippen LogP contribution is -2.31. The van der Waals surface area contributed by atoms with Crippen molar-refractivity contribution in [3.05, 3.63) is 39.4 Å². The summed E-state index contributed by atoms with van der Waals surface area (Å²) in [6, 6.07) is 4.04. The third-order valence-electron chi connectivity index (χ3n) is 2.76. The smallest absolute Gasteiger partial charge is 0.282 e. The van der Waals surface area contributed by atoms with Crippen LogP contribution in [0.1, 0.15) is 27.1 Å². The molecular weight excluding hydrogens is 238 g/mol. The van der Waals surface area contributed by atoms with Crippen LogP contribution in [0.3, 0.4) is 0 Å². The van der Waals surface area contributed by atoms with Crippen LogP contribution in [-0.4, -0.2) is 34.7 Å². The molecule has 0 unspecified atom stereocenters. The summed E-state index contributed by atoms with van der Waals surface area (Å²) in [4.78, 5) is 35.1. The topological polar surface area (TPSA) is 107 Å². The summed E-state index contributed by atoms with van der Waals surface area (Å²) < 4.78 is 0. The number of fused-ring (bicyclic) bond motifs is 1. The largest absolute Gasteiger partial charge is 0.330 e. The fraction of sp³-hybridized carbons (Fsp3) is 0.273. The van der Waals surface area contributed by atoms with Crippen LogP contribution in [-0.2, 0) is 0 Å². The van der Waals surface area contributed by atoms with Gasteiger partial charge in [-0.25, -0.2) is 0 Å². The number of hydrogen-bond acceptors (Lipinski definition) is 5. The van der Waals surface area contributed by atoms with Gasteiger partial charge in [-0.05, 0) is 19.0 Å². The first-order valence-corrected chi connectivity index (χ1v) is 5.41. The number of nitro benzene ring substituents is 1. The van der Waals surface area contributed by atoms with Crippen LogP contribution < -0.4 is 5.73 Å². The molecule has 7 heteroatoms. The van der Waals surface area contributed by atoms with E-state index in [9.17, 15) is 19.7 Å². The summed E-state index contributed by atoms with van der Waals surface area (Å²) in [5, 5.41) is 10.8. The number of hydrogen-bond donors (Lipinski definition) is 1. The van der Waals surface area contributed by atoms with Crippen molar-refractivity contribution >= 4 is 17.5 Å². The Labute approximate surface area is 102 Å². The third kappa shape index (κ3) is 1.74. The summed E-state index contributed by atoms with van der Waals surface area (Å²) in [5.41, 5.74) is 4.96. The Kier molecular flexibility index (Phi) is 3.07. The monoisotopic (exact) mass is 249 g/mol. The van der Waals surface area contributed by atoms with Gasteiger partial charge in [-0.2, -0.15) is 0 Å². The van der Waals surface area contributed by atoms with Crippen molar-refractivity contribution in [1.29, 1.82) is 0 Å². The molecule has 7 nitrogen and oxygen atoms in total. The molecule has 94 valence electrons. The van der Waals surface area contributed by atoms with Crippen LogP contribution in [0.5, 0.6) is 0 Å². The summed E-state index contributed by atoms with van der Waals surface area (Å²) >= 11 is 0. The van der Waals surface area contributed by atoms with Gasteiger partial charge in [-0.15, -0.1) is 0 Å². The second-order valence-electron chi connectivity index (χ2n) is 3.86. The Hall–Kier alpha value is -2.28. The van der Waals surface area contributed by atoms with Gasteiger partial charge >= 0.3 is 0 Å². The zero-order chi connectivity index (χ0) is 13.3. The van der Waals surface area contributed by atoms with Crippen LogP contribution in [0.4, 0.5) is 5.69 Å². The number of amides is 2. The van der Waals surface area contributed by atoms with Gasteiger partial charge in [-0.3, -0.25) is 24.6 Å². The Morgan fingerprint density at radius 2 is 2.00 bits per heavy atom. The summed E-state index contributed by atoms with van der Waals surface area (Å²) in [6.45, 7) is 0.523. The molecule has 1 aromatic carbocycles. The molecule has 0 bridgehead atoms. The van der Waals surface area contributed by atoms with Crippen molar-refractivity contribution in [2.24, 2.45) is 5.73 Å². The highest BCUT2D eigenvalue weighted by atomic mass is 16.6. The Morgan fingerprint density at radius 3 is 2.61 bits per heavy atom. The first-order valence-electron chi connectivity index (χ1n) is 5.41. The van der Waals surface area contributed by atoms with Gasteiger partial charge in [0.1, 0.15) is 5.56 Å². The van der Waals surface area contributed by atoms with Crippen LogP contribution in [0.15, 0.2) is 18.2 Å². The van der Waals surface area contributed by atoms with E-state index in [0.717, 1.165) is 4.90 Å². The van der Waals surface area contributed by atoms with E-state index in [0.29, 0.717) is 13.0 Å². The zero-order valence-corrected chi connectivity index (χ0v) is 9.46. The van der Waals surface area contributed by atoms with Crippen LogP contribution >= 0.6 is 0 Å². The number of rotatable bonds is 4. The molecule has 18 heavy (non-hydrogen) atoms. The standard InChI is InChI=1S/C11H11N3O4/c12-5-2-6-13-10(15)7-3-1-4-8(14(17)18)9(7)11(13)16/h1,3-4H,2,5-6,12H2. The van der Waals surface area contributed by atoms with Gasteiger partial charge in [-0.1, -0.05) is 6.07 Å². The highest BCUT2D eigenvalue weighted by Gasteiger charge is 2.40. The normalized spacial score (nSPS) is 13.9. The Bertz CT molecular complexity index is 541. The molecule has 0 saturated heterocycles. The van der Waals surface area contributed by atoms with Gasteiger partial charge < -0.3 is 5.73 Å². The van der Waals surface area contributed by atoms with E-state index in [4.69, 9.17) is 5.73 Å². The fourth-order valence-corrected chi connectivity index (χ4v) is 1.92. The minimum absolute atomic E-state index is 0.0891. The van der Waals surface area contributed by atoms with E-state index in [1.54, 1.807) is 0 Å². The van der Waals surface area contributed by atoms with Crippen molar-refractivity contribution in [1.82, 2.24) is 4.90 Å². The fourth-order valence-electron chi connectivity index (χ4n) is 1.92. The molecule has 1 aromatic rings. The maximum absolute atomic E-state index is 12.0. The molecule has 2 rings (SSSR count). The van der Waals surface area contributed by atoms with Crippen LogP contribution in [0.2, 0.25) is 0 Å². The average molecular weight is 249 g/mol. The average Bonchev–Trinajstić information content (AvgIpc) is 2.60. The Balaban J connectivity index is 2.45. The molecule has 1 aliphatic rings. The Morgan fingerprint density at radius 1 is 1.28 bits per heavy atom. The van der Waals surface area contributed by atoms with E-state index in [1.165, 1.54) is 18.2 Å². The quantitative estimate of drug-likeness (QED) is 0.476. The SMILES string of the molecule is NCCCN1C(=O)c2cccc([N+](=O)[O-])c2C1=O. The summed E-state index contributed by atoms with van der Waals surface area (Å²) in [6.07, 6.45) is 0.471. The van der Waals surface area contributed by atoms with Crippen LogP contribution in [0.25, 0.3) is 0 Å². The van der Waals surface area contributed by atoms with E-state index in [2.05, 4.69) is 0 Å². The van der Waals surface area contributed by atoms with Gasteiger partial charge in [0.05, 0.1) is 10.5 Å². The second-order valence-corrected chi connectivity index (χ2v) is 3.86. The van der Waals surface area contributed by atoms with Gasteiger partial charge in [0.25, 0.3) is 17.5 Å². The molecule has 2 amide bonds.